The van der Waals surface area contributed by atoms with E-state index in [-0.39, 0.29) is 10.8 Å². The minimum atomic E-state index is -3.52. The van der Waals surface area contributed by atoms with Gasteiger partial charge in [0, 0.05) is 44.8 Å². The van der Waals surface area contributed by atoms with E-state index >= 15 is 0 Å². The Bertz CT molecular complexity index is 748. The molecule has 3 rings (SSSR count). The zero-order chi connectivity index (χ0) is 19.6. The van der Waals surface area contributed by atoms with Crippen molar-refractivity contribution in [2.45, 2.75) is 25.2 Å². The summed E-state index contributed by atoms with van der Waals surface area (Å²) in [4.78, 5) is 14.9. The first kappa shape index (κ1) is 20.3. The molecule has 2 aliphatic rings. The molecule has 2 atom stereocenters. The van der Waals surface area contributed by atoms with Crippen LogP contribution in [0.2, 0.25) is 0 Å². The minimum Gasteiger partial charge on any atom is -0.304 e. The van der Waals surface area contributed by atoms with Crippen molar-refractivity contribution >= 4 is 15.9 Å². The average molecular weight is 395 g/mol. The predicted octanol–water partition coefficient (Wildman–Crippen LogP) is 1.25. The Morgan fingerprint density at radius 1 is 1.00 bits per heavy atom. The highest BCUT2D eigenvalue weighted by Crippen LogP contribution is 2.26. The third kappa shape index (κ3) is 4.87. The Hall–Kier alpha value is -1.48. The van der Waals surface area contributed by atoms with Crippen LogP contribution in [0.5, 0.6) is 0 Å². The summed E-state index contributed by atoms with van der Waals surface area (Å²) in [5, 5.41) is 1.91. The van der Waals surface area contributed by atoms with E-state index in [0.29, 0.717) is 30.5 Å². The zero-order valence-electron chi connectivity index (χ0n) is 16.4. The topological polar surface area (TPSA) is 73.0 Å². The normalized spacial score (nSPS) is 26.0. The second kappa shape index (κ2) is 8.26. The molecular formula is C19H30N4O3S. The van der Waals surface area contributed by atoms with Crippen molar-refractivity contribution in [2.24, 2.45) is 11.8 Å². The number of hydrogen-bond acceptors (Lipinski definition) is 5. The lowest BCUT2D eigenvalue weighted by atomic mass is 9.94. The van der Waals surface area contributed by atoms with Gasteiger partial charge in [0.05, 0.1) is 4.90 Å². The van der Waals surface area contributed by atoms with E-state index in [2.05, 4.69) is 31.2 Å². The van der Waals surface area contributed by atoms with E-state index in [1.165, 1.54) is 12.1 Å². The minimum absolute atomic E-state index is 0.205. The van der Waals surface area contributed by atoms with Gasteiger partial charge in [-0.3, -0.25) is 10.2 Å². The molecule has 2 saturated heterocycles. The van der Waals surface area contributed by atoms with Gasteiger partial charge in [-0.1, -0.05) is 13.8 Å². The highest BCUT2D eigenvalue weighted by molar-refractivity contribution is 7.89. The molecule has 7 nitrogen and oxygen atoms in total. The first-order valence-electron chi connectivity index (χ1n) is 9.60. The largest absolute Gasteiger partial charge is 0.304 e. The summed E-state index contributed by atoms with van der Waals surface area (Å²) in [5.74, 6) is 0.512. The number of nitrogens with zero attached hydrogens (tertiary/aromatic N) is 3. The molecule has 0 saturated carbocycles. The molecule has 1 amide bonds. The van der Waals surface area contributed by atoms with Crippen molar-refractivity contribution in [1.29, 1.82) is 0 Å². The zero-order valence-corrected chi connectivity index (χ0v) is 17.2. The van der Waals surface area contributed by atoms with Gasteiger partial charge < -0.3 is 4.90 Å². The van der Waals surface area contributed by atoms with Crippen LogP contribution in [-0.4, -0.2) is 74.9 Å². The molecule has 2 fully saturated rings. The van der Waals surface area contributed by atoms with Crippen LogP contribution in [0.3, 0.4) is 0 Å². The van der Waals surface area contributed by atoms with E-state index in [0.717, 1.165) is 32.6 Å². The van der Waals surface area contributed by atoms with Gasteiger partial charge in [-0.25, -0.2) is 13.4 Å². The molecule has 0 aliphatic carbocycles. The smallest absolute Gasteiger partial charge is 0.265 e. The molecule has 1 aromatic rings. The molecule has 150 valence electrons. The number of piperidine rings is 1. The van der Waals surface area contributed by atoms with Crippen molar-refractivity contribution in [2.75, 3.05) is 46.3 Å². The standard InChI is InChI=1S/C19H30N4O3S/c1-15-12-16(2)14-23(13-15)27(25,26)18-6-4-17(5-7-18)19(24)20-22-10-8-21(3)9-11-22/h4-7,15-16H,8-14H2,1-3H3,(H,20,24)/t15-,16-/m1/s1. The number of nitrogens with one attached hydrogen (secondary N) is 1. The van der Waals surface area contributed by atoms with Crippen LogP contribution in [0, 0.1) is 11.8 Å². The summed E-state index contributed by atoms with van der Waals surface area (Å²) in [6, 6.07) is 6.26. The SMILES string of the molecule is C[C@@H]1C[C@@H](C)CN(S(=O)(=O)c2ccc(C(=O)NN3CCN(C)CC3)cc2)C1. The van der Waals surface area contributed by atoms with E-state index < -0.39 is 10.0 Å². The molecule has 27 heavy (non-hydrogen) atoms. The number of piperazine rings is 1. The highest BCUT2D eigenvalue weighted by Gasteiger charge is 2.31. The number of amides is 1. The second-order valence-corrected chi connectivity index (χ2v) is 9.96. The quantitative estimate of drug-likeness (QED) is 0.832. The van der Waals surface area contributed by atoms with Crippen LogP contribution in [0.15, 0.2) is 29.2 Å². The van der Waals surface area contributed by atoms with Crippen molar-refractivity contribution in [3.63, 3.8) is 0 Å². The van der Waals surface area contributed by atoms with Gasteiger partial charge in [0.2, 0.25) is 10.0 Å². The Balaban J connectivity index is 1.66. The lowest BCUT2D eigenvalue weighted by molar-refractivity contribution is 0.0662. The van der Waals surface area contributed by atoms with E-state index in [1.54, 1.807) is 16.4 Å². The van der Waals surface area contributed by atoms with E-state index in [9.17, 15) is 13.2 Å². The Morgan fingerprint density at radius 2 is 1.56 bits per heavy atom. The number of carbonyl (C=O) groups is 1. The fraction of sp³-hybridized carbons (Fsp3) is 0.632. The number of carbonyl (C=O) groups excluding carboxylic acids is 1. The monoisotopic (exact) mass is 394 g/mol. The molecular weight excluding hydrogens is 364 g/mol. The van der Waals surface area contributed by atoms with Gasteiger partial charge in [-0.15, -0.1) is 0 Å². The lowest BCUT2D eigenvalue weighted by Gasteiger charge is -2.34. The molecule has 1 aromatic carbocycles. The molecule has 0 unspecified atom stereocenters. The first-order valence-corrected chi connectivity index (χ1v) is 11.0. The summed E-state index contributed by atoms with van der Waals surface area (Å²) in [5.41, 5.74) is 3.36. The van der Waals surface area contributed by atoms with Crippen molar-refractivity contribution in [3.05, 3.63) is 29.8 Å². The van der Waals surface area contributed by atoms with Crippen molar-refractivity contribution < 1.29 is 13.2 Å². The molecule has 0 radical (unpaired) electrons. The van der Waals surface area contributed by atoms with Crippen LogP contribution >= 0.6 is 0 Å². The molecule has 1 N–H and O–H groups in total. The second-order valence-electron chi connectivity index (χ2n) is 8.02. The summed E-state index contributed by atoms with van der Waals surface area (Å²) in [7, 11) is -1.46. The summed E-state index contributed by atoms with van der Waals surface area (Å²) in [6.07, 6.45) is 1.05. The maximum absolute atomic E-state index is 12.9. The predicted molar refractivity (Wildman–Crippen MR) is 105 cm³/mol. The third-order valence-corrected chi connectivity index (χ3v) is 7.20. The molecule has 0 bridgehead atoms. The van der Waals surface area contributed by atoms with Gasteiger partial charge in [0.15, 0.2) is 0 Å². The fourth-order valence-electron chi connectivity index (χ4n) is 3.86. The Labute approximate surface area is 162 Å². The maximum atomic E-state index is 12.9. The van der Waals surface area contributed by atoms with E-state index in [1.807, 2.05) is 5.01 Å². The number of hydrazine groups is 1. The maximum Gasteiger partial charge on any atom is 0.265 e. The van der Waals surface area contributed by atoms with E-state index in [4.69, 9.17) is 0 Å². The number of hydrogen-bond donors (Lipinski definition) is 1. The Kier molecular flexibility index (Phi) is 6.20. The van der Waals surface area contributed by atoms with Crippen LogP contribution in [0.4, 0.5) is 0 Å². The summed E-state index contributed by atoms with van der Waals surface area (Å²) in [6.45, 7) is 8.65. The first-order chi connectivity index (χ1) is 12.8. The van der Waals surface area contributed by atoms with Gasteiger partial charge in [0.1, 0.15) is 0 Å². The van der Waals surface area contributed by atoms with Crippen molar-refractivity contribution in [3.8, 4) is 0 Å². The average Bonchev–Trinajstić information content (AvgIpc) is 2.63. The fourth-order valence-corrected chi connectivity index (χ4v) is 5.54. The summed E-state index contributed by atoms with van der Waals surface area (Å²) < 4.78 is 27.4. The third-order valence-electron chi connectivity index (χ3n) is 5.35. The summed E-state index contributed by atoms with van der Waals surface area (Å²) >= 11 is 0. The lowest BCUT2D eigenvalue weighted by Crippen LogP contribution is -2.52. The van der Waals surface area contributed by atoms with Crippen molar-refractivity contribution in [1.82, 2.24) is 19.6 Å². The number of likely N-dealkylation sites (N-methyl/N-ethyl adjacent to an activating group) is 1. The molecule has 8 heteroatoms. The van der Waals surface area contributed by atoms with Gasteiger partial charge in [-0.05, 0) is 49.6 Å². The van der Waals surface area contributed by atoms with Gasteiger partial charge in [-0.2, -0.15) is 4.31 Å². The van der Waals surface area contributed by atoms with Gasteiger partial charge >= 0.3 is 0 Å². The molecule has 0 aromatic heterocycles. The van der Waals surface area contributed by atoms with Crippen LogP contribution < -0.4 is 5.43 Å². The molecule has 2 heterocycles. The van der Waals surface area contributed by atoms with Crippen LogP contribution in [0.25, 0.3) is 0 Å². The van der Waals surface area contributed by atoms with Crippen LogP contribution in [-0.2, 0) is 10.0 Å². The van der Waals surface area contributed by atoms with Gasteiger partial charge in [0.25, 0.3) is 5.91 Å². The molecule has 2 aliphatic heterocycles. The Morgan fingerprint density at radius 3 is 2.11 bits per heavy atom. The van der Waals surface area contributed by atoms with Crippen LogP contribution in [0.1, 0.15) is 30.6 Å². The highest BCUT2D eigenvalue weighted by atomic mass is 32.2. The number of benzene rings is 1. The number of sulfonamides is 1. The molecule has 0 spiro atoms. The number of rotatable bonds is 4.